The topological polar surface area (TPSA) is 63.8 Å². The highest BCUT2D eigenvalue weighted by atomic mass is 35.5. The van der Waals surface area contributed by atoms with Gasteiger partial charge in [-0.3, -0.25) is 0 Å². The third-order valence-corrected chi connectivity index (χ3v) is 1.89. The van der Waals surface area contributed by atoms with Gasteiger partial charge in [-0.15, -0.1) is 0 Å². The van der Waals surface area contributed by atoms with E-state index in [1.165, 1.54) is 0 Å². The van der Waals surface area contributed by atoms with Crippen LogP contribution in [0.5, 0.6) is 0 Å². The van der Waals surface area contributed by atoms with E-state index in [2.05, 4.69) is 15.3 Å². The number of rotatable bonds is 0. The Kier molecular flexibility index (Phi) is 1.35. The molecule has 1 aliphatic rings. The number of fused-ring (bicyclic) bond motifs is 1. The van der Waals surface area contributed by atoms with E-state index in [9.17, 15) is 0 Å². The molecule has 0 aromatic carbocycles. The van der Waals surface area contributed by atoms with E-state index in [1.54, 1.807) is 0 Å². The lowest BCUT2D eigenvalue weighted by atomic mass is 10.3. The zero-order valence-electron chi connectivity index (χ0n) is 5.76. The Balaban J connectivity index is 2.60. The van der Waals surface area contributed by atoms with Crippen molar-refractivity contribution in [1.82, 2.24) is 9.97 Å². The van der Waals surface area contributed by atoms with Crippen LogP contribution < -0.4 is 11.1 Å². The highest BCUT2D eigenvalue weighted by Crippen LogP contribution is 2.27. The van der Waals surface area contributed by atoms with Gasteiger partial charge >= 0.3 is 0 Å². The van der Waals surface area contributed by atoms with Gasteiger partial charge in [-0.05, 0) is 0 Å². The lowest BCUT2D eigenvalue weighted by molar-refractivity contribution is 1.03. The summed E-state index contributed by atoms with van der Waals surface area (Å²) in [6.45, 7) is 0.868. The molecule has 11 heavy (non-hydrogen) atoms. The summed E-state index contributed by atoms with van der Waals surface area (Å²) in [6.07, 6.45) is 0.877. The molecule has 0 saturated carbocycles. The molecule has 58 valence electrons. The van der Waals surface area contributed by atoms with Crippen LogP contribution in [0.25, 0.3) is 0 Å². The smallest absolute Gasteiger partial charge is 0.221 e. The molecule has 2 rings (SSSR count). The zero-order chi connectivity index (χ0) is 7.84. The van der Waals surface area contributed by atoms with Gasteiger partial charge in [-0.25, -0.2) is 4.98 Å². The maximum Gasteiger partial charge on any atom is 0.221 e. The van der Waals surface area contributed by atoms with Crippen molar-refractivity contribution in [2.75, 3.05) is 17.6 Å². The predicted octanol–water partition coefficient (Wildman–Crippen LogP) is 0.680. The number of aromatic nitrogens is 2. The monoisotopic (exact) mass is 170 g/mol. The van der Waals surface area contributed by atoms with Crippen LogP contribution in [0.3, 0.4) is 0 Å². The number of nitrogens with zero attached hydrogens (tertiary/aromatic N) is 2. The quantitative estimate of drug-likeness (QED) is 0.562. The molecule has 0 fully saturated rings. The highest BCUT2D eigenvalue weighted by molar-refractivity contribution is 6.32. The fourth-order valence-corrected chi connectivity index (χ4v) is 1.42. The third kappa shape index (κ3) is 0.991. The SMILES string of the molecule is Nc1nc(Cl)c2c(n1)CCN2. The second-order valence-corrected chi connectivity index (χ2v) is 2.73. The number of halogens is 1. The Morgan fingerprint density at radius 3 is 3.09 bits per heavy atom. The Morgan fingerprint density at radius 2 is 2.27 bits per heavy atom. The van der Waals surface area contributed by atoms with Crippen LogP contribution in [-0.4, -0.2) is 16.5 Å². The van der Waals surface area contributed by atoms with E-state index in [0.717, 1.165) is 24.3 Å². The maximum absolute atomic E-state index is 5.78. The minimum Gasteiger partial charge on any atom is -0.381 e. The molecule has 2 heterocycles. The Labute approximate surface area is 68.8 Å². The van der Waals surface area contributed by atoms with Crippen molar-refractivity contribution in [3.63, 3.8) is 0 Å². The van der Waals surface area contributed by atoms with Gasteiger partial charge in [0.1, 0.15) is 0 Å². The van der Waals surface area contributed by atoms with Crippen molar-refractivity contribution >= 4 is 23.2 Å². The molecule has 0 saturated heterocycles. The first-order chi connectivity index (χ1) is 5.27. The molecule has 0 spiro atoms. The second-order valence-electron chi connectivity index (χ2n) is 2.37. The molecule has 1 aromatic rings. The summed E-state index contributed by atoms with van der Waals surface area (Å²) < 4.78 is 0. The summed E-state index contributed by atoms with van der Waals surface area (Å²) in [6, 6.07) is 0. The molecule has 3 N–H and O–H groups in total. The first-order valence-electron chi connectivity index (χ1n) is 3.33. The summed E-state index contributed by atoms with van der Waals surface area (Å²) in [5.74, 6) is 0.248. The van der Waals surface area contributed by atoms with Crippen LogP contribution in [0.2, 0.25) is 5.15 Å². The molecular formula is C6H7ClN4. The fourth-order valence-electron chi connectivity index (χ4n) is 1.16. The molecule has 5 heteroatoms. The average Bonchev–Trinajstić information content (AvgIpc) is 2.34. The molecule has 0 atom stereocenters. The fraction of sp³-hybridized carbons (Fsp3) is 0.333. The maximum atomic E-state index is 5.78. The van der Waals surface area contributed by atoms with Crippen LogP contribution in [0.1, 0.15) is 5.69 Å². The number of nitrogens with two attached hydrogens (primary N) is 1. The molecule has 0 unspecified atom stereocenters. The molecule has 1 aromatic heterocycles. The van der Waals surface area contributed by atoms with E-state index >= 15 is 0 Å². The molecule has 0 radical (unpaired) electrons. The minimum absolute atomic E-state index is 0.248. The molecular weight excluding hydrogens is 164 g/mol. The van der Waals surface area contributed by atoms with Gasteiger partial charge in [-0.1, -0.05) is 11.6 Å². The number of hydrogen-bond acceptors (Lipinski definition) is 4. The molecule has 0 aliphatic carbocycles. The number of hydrogen-bond donors (Lipinski definition) is 2. The minimum atomic E-state index is 0.248. The van der Waals surface area contributed by atoms with E-state index in [-0.39, 0.29) is 5.95 Å². The van der Waals surface area contributed by atoms with E-state index in [1.807, 2.05) is 0 Å². The van der Waals surface area contributed by atoms with Crippen molar-refractivity contribution < 1.29 is 0 Å². The van der Waals surface area contributed by atoms with Crippen LogP contribution in [0, 0.1) is 0 Å². The first-order valence-corrected chi connectivity index (χ1v) is 3.71. The van der Waals surface area contributed by atoms with Gasteiger partial charge in [0.05, 0.1) is 11.4 Å². The summed E-state index contributed by atoms with van der Waals surface area (Å²) in [4.78, 5) is 7.85. The average molecular weight is 171 g/mol. The van der Waals surface area contributed by atoms with Crippen molar-refractivity contribution in [2.24, 2.45) is 0 Å². The van der Waals surface area contributed by atoms with Gasteiger partial charge in [0.2, 0.25) is 5.95 Å². The summed E-state index contributed by atoms with van der Waals surface area (Å²) >= 11 is 5.78. The van der Waals surface area contributed by atoms with Gasteiger partial charge in [0, 0.05) is 13.0 Å². The Morgan fingerprint density at radius 1 is 1.45 bits per heavy atom. The van der Waals surface area contributed by atoms with Crippen molar-refractivity contribution in [2.45, 2.75) is 6.42 Å². The van der Waals surface area contributed by atoms with E-state index < -0.39 is 0 Å². The van der Waals surface area contributed by atoms with Gasteiger partial charge in [0.25, 0.3) is 0 Å². The van der Waals surface area contributed by atoms with Gasteiger partial charge in [-0.2, -0.15) is 4.98 Å². The van der Waals surface area contributed by atoms with Crippen LogP contribution in [-0.2, 0) is 6.42 Å². The summed E-state index contributed by atoms with van der Waals surface area (Å²) in [5, 5.41) is 3.50. The second kappa shape index (κ2) is 2.23. The largest absolute Gasteiger partial charge is 0.381 e. The normalized spacial score (nSPS) is 14.3. The van der Waals surface area contributed by atoms with Gasteiger partial charge < -0.3 is 11.1 Å². The van der Waals surface area contributed by atoms with Crippen LogP contribution in [0.15, 0.2) is 0 Å². The number of anilines is 2. The predicted molar refractivity (Wildman–Crippen MR) is 43.6 cm³/mol. The third-order valence-electron chi connectivity index (χ3n) is 1.62. The van der Waals surface area contributed by atoms with Crippen LogP contribution in [0.4, 0.5) is 11.6 Å². The molecule has 1 aliphatic heterocycles. The molecule has 4 nitrogen and oxygen atoms in total. The lowest BCUT2D eigenvalue weighted by Crippen LogP contribution is -1.98. The number of nitrogens with one attached hydrogen (secondary N) is 1. The molecule has 0 amide bonds. The van der Waals surface area contributed by atoms with Gasteiger partial charge in [0.15, 0.2) is 5.15 Å². The van der Waals surface area contributed by atoms with E-state index in [0.29, 0.717) is 5.15 Å². The van der Waals surface area contributed by atoms with Crippen molar-refractivity contribution in [1.29, 1.82) is 0 Å². The first kappa shape index (κ1) is 6.67. The Hall–Kier alpha value is -1.03. The lowest BCUT2D eigenvalue weighted by Gasteiger charge is -2.00. The van der Waals surface area contributed by atoms with Crippen molar-refractivity contribution in [3.8, 4) is 0 Å². The Bertz CT molecular complexity index is 299. The standard InChI is InChI=1S/C6H7ClN4/c7-5-4-3(1-2-9-4)10-6(8)11-5/h9H,1-2H2,(H2,8,10,11). The number of nitrogen functional groups attached to an aromatic ring is 1. The summed E-state index contributed by atoms with van der Waals surface area (Å²) in [7, 11) is 0. The summed E-state index contributed by atoms with van der Waals surface area (Å²) in [5.41, 5.74) is 7.15. The van der Waals surface area contributed by atoms with E-state index in [4.69, 9.17) is 17.3 Å². The zero-order valence-corrected chi connectivity index (χ0v) is 6.52. The van der Waals surface area contributed by atoms with Crippen molar-refractivity contribution in [3.05, 3.63) is 10.8 Å². The highest BCUT2D eigenvalue weighted by Gasteiger charge is 2.16. The molecule has 0 bridgehead atoms. The van der Waals surface area contributed by atoms with Crippen LogP contribution >= 0.6 is 11.6 Å².